The van der Waals surface area contributed by atoms with Crippen LogP contribution in [0.5, 0.6) is 0 Å². The molecule has 1 atom stereocenters. The van der Waals surface area contributed by atoms with Crippen molar-refractivity contribution in [3.8, 4) is 0 Å². The van der Waals surface area contributed by atoms with Crippen molar-refractivity contribution in [1.29, 1.82) is 0 Å². The lowest BCUT2D eigenvalue weighted by atomic mass is 9.96. The van der Waals surface area contributed by atoms with Gasteiger partial charge in [-0.2, -0.15) is 0 Å². The monoisotopic (exact) mass is 257 g/mol. The zero-order chi connectivity index (χ0) is 13.6. The van der Waals surface area contributed by atoms with Crippen LogP contribution < -0.4 is 5.73 Å². The Balaban J connectivity index is 2.12. The molecule has 4 heteroatoms. The van der Waals surface area contributed by atoms with Crippen molar-refractivity contribution in [2.45, 2.75) is 38.2 Å². The smallest absolute Gasteiger partial charge is 0.0741 e. The molecule has 0 amide bonds. The van der Waals surface area contributed by atoms with Gasteiger partial charge in [0.15, 0.2) is 0 Å². The first-order chi connectivity index (χ1) is 8.43. The summed E-state index contributed by atoms with van der Waals surface area (Å²) >= 11 is 0. The number of hydrogen-bond acceptors (Lipinski definition) is 4. The lowest BCUT2D eigenvalue weighted by Gasteiger charge is -2.32. The van der Waals surface area contributed by atoms with Crippen molar-refractivity contribution in [2.24, 2.45) is 11.7 Å². The highest BCUT2D eigenvalue weighted by molar-refractivity contribution is 4.75. The van der Waals surface area contributed by atoms with Gasteiger partial charge in [-0.1, -0.05) is 0 Å². The lowest BCUT2D eigenvalue weighted by molar-refractivity contribution is 0.0543. The van der Waals surface area contributed by atoms with Gasteiger partial charge in [-0.05, 0) is 72.3 Å². The van der Waals surface area contributed by atoms with E-state index in [4.69, 9.17) is 5.73 Å². The van der Waals surface area contributed by atoms with Crippen LogP contribution in [0.2, 0.25) is 0 Å². The van der Waals surface area contributed by atoms with E-state index in [1.54, 1.807) is 0 Å². The number of nitrogens with two attached hydrogens (primary N) is 1. The molecule has 1 fully saturated rings. The summed E-state index contributed by atoms with van der Waals surface area (Å²) in [5.74, 6) is 0.848. The first-order valence-corrected chi connectivity index (χ1v) is 7.22. The van der Waals surface area contributed by atoms with Gasteiger partial charge in [-0.25, -0.2) is 0 Å². The fraction of sp³-hybridized carbons (Fsp3) is 1.00. The first kappa shape index (κ1) is 15.9. The summed E-state index contributed by atoms with van der Waals surface area (Å²) in [5, 5.41) is 9.84. The number of likely N-dealkylation sites (tertiary alicyclic amines) is 1. The van der Waals surface area contributed by atoms with Crippen LogP contribution in [-0.2, 0) is 0 Å². The molecule has 1 aliphatic rings. The third kappa shape index (κ3) is 6.14. The Morgan fingerprint density at radius 3 is 2.56 bits per heavy atom. The highest BCUT2D eigenvalue weighted by Crippen LogP contribution is 2.17. The normalized spacial score (nSPS) is 22.3. The molecule has 0 spiro atoms. The Kier molecular flexibility index (Phi) is 6.57. The summed E-state index contributed by atoms with van der Waals surface area (Å²) in [5.41, 5.74) is 4.83. The zero-order valence-corrected chi connectivity index (χ0v) is 12.4. The van der Waals surface area contributed by atoms with Gasteiger partial charge in [0.05, 0.1) is 5.60 Å². The van der Waals surface area contributed by atoms with Crippen molar-refractivity contribution in [3.63, 3.8) is 0 Å². The number of nitrogens with zero attached hydrogens (tertiary/aromatic N) is 2. The predicted octanol–water partition coefficient (Wildman–Crippen LogP) is 0.750. The number of hydrogen-bond donors (Lipinski definition) is 2. The zero-order valence-electron chi connectivity index (χ0n) is 12.4. The van der Waals surface area contributed by atoms with E-state index in [1.165, 1.54) is 32.5 Å². The maximum Gasteiger partial charge on any atom is 0.0741 e. The van der Waals surface area contributed by atoms with Crippen LogP contribution in [0.25, 0.3) is 0 Å². The molecule has 108 valence electrons. The molecular weight excluding hydrogens is 226 g/mol. The second-order valence-corrected chi connectivity index (χ2v) is 6.31. The van der Waals surface area contributed by atoms with Gasteiger partial charge in [-0.15, -0.1) is 0 Å². The van der Waals surface area contributed by atoms with E-state index in [1.807, 2.05) is 6.92 Å². The quantitative estimate of drug-likeness (QED) is 0.707. The number of aliphatic hydroxyl groups is 1. The molecule has 1 saturated heterocycles. The van der Waals surface area contributed by atoms with Gasteiger partial charge in [-0.3, -0.25) is 0 Å². The second-order valence-electron chi connectivity index (χ2n) is 6.31. The summed E-state index contributed by atoms with van der Waals surface area (Å²) in [6.07, 6.45) is 4.46. The van der Waals surface area contributed by atoms with Crippen molar-refractivity contribution < 1.29 is 5.11 Å². The first-order valence-electron chi connectivity index (χ1n) is 7.22. The molecule has 0 bridgehead atoms. The van der Waals surface area contributed by atoms with Crippen molar-refractivity contribution in [3.05, 3.63) is 0 Å². The Labute approximate surface area is 112 Å². The van der Waals surface area contributed by atoms with Gasteiger partial charge < -0.3 is 20.6 Å². The van der Waals surface area contributed by atoms with Crippen molar-refractivity contribution in [1.82, 2.24) is 9.80 Å². The lowest BCUT2D eigenvalue weighted by Crippen LogP contribution is -2.37. The summed E-state index contributed by atoms with van der Waals surface area (Å²) in [6, 6.07) is 0. The predicted molar refractivity (Wildman–Crippen MR) is 76.6 cm³/mol. The van der Waals surface area contributed by atoms with Crippen LogP contribution in [0.4, 0.5) is 0 Å². The van der Waals surface area contributed by atoms with E-state index in [0.717, 1.165) is 25.3 Å². The summed E-state index contributed by atoms with van der Waals surface area (Å²) in [6.45, 7) is 6.90. The molecule has 0 aromatic rings. The topological polar surface area (TPSA) is 52.7 Å². The molecule has 4 nitrogen and oxygen atoms in total. The summed E-state index contributed by atoms with van der Waals surface area (Å²) in [4.78, 5) is 4.82. The summed E-state index contributed by atoms with van der Waals surface area (Å²) < 4.78 is 0. The standard InChI is InChI=1S/C14H31N3O/c1-14(18,12-15)7-4-8-17(3)11-13-5-9-16(2)10-6-13/h13,18H,4-12,15H2,1-3H3. The molecule has 18 heavy (non-hydrogen) atoms. The van der Waals surface area contributed by atoms with Gasteiger partial charge in [0.1, 0.15) is 0 Å². The third-order valence-electron chi connectivity index (χ3n) is 4.10. The second kappa shape index (κ2) is 7.43. The van der Waals surface area contributed by atoms with Crippen LogP contribution in [0.15, 0.2) is 0 Å². The number of piperidine rings is 1. The van der Waals surface area contributed by atoms with Gasteiger partial charge in [0.2, 0.25) is 0 Å². The van der Waals surface area contributed by atoms with E-state index in [2.05, 4.69) is 23.9 Å². The summed E-state index contributed by atoms with van der Waals surface area (Å²) in [7, 11) is 4.39. The average molecular weight is 257 g/mol. The Hall–Kier alpha value is -0.160. The molecule has 1 rings (SSSR count). The Morgan fingerprint density at radius 2 is 2.00 bits per heavy atom. The molecule has 0 aliphatic carbocycles. The fourth-order valence-electron chi connectivity index (χ4n) is 2.61. The highest BCUT2D eigenvalue weighted by atomic mass is 16.3. The fourth-order valence-corrected chi connectivity index (χ4v) is 2.61. The van der Waals surface area contributed by atoms with Crippen LogP contribution in [0.1, 0.15) is 32.6 Å². The largest absolute Gasteiger partial charge is 0.389 e. The minimum absolute atomic E-state index is 0.353. The van der Waals surface area contributed by atoms with E-state index in [-0.39, 0.29) is 0 Å². The van der Waals surface area contributed by atoms with Crippen LogP contribution in [-0.4, -0.2) is 67.3 Å². The van der Waals surface area contributed by atoms with Crippen LogP contribution >= 0.6 is 0 Å². The SMILES string of the molecule is CN1CCC(CN(C)CCCC(C)(O)CN)CC1. The van der Waals surface area contributed by atoms with E-state index in [0.29, 0.717) is 6.54 Å². The Morgan fingerprint density at radius 1 is 1.39 bits per heavy atom. The molecule has 1 aliphatic heterocycles. The minimum atomic E-state index is -0.686. The molecule has 1 unspecified atom stereocenters. The molecule has 0 radical (unpaired) electrons. The van der Waals surface area contributed by atoms with Gasteiger partial charge >= 0.3 is 0 Å². The molecular formula is C14H31N3O. The van der Waals surface area contributed by atoms with E-state index in [9.17, 15) is 5.11 Å². The average Bonchev–Trinajstić information content (AvgIpc) is 2.32. The maximum atomic E-state index is 9.84. The number of rotatable bonds is 7. The molecule has 0 saturated carbocycles. The third-order valence-corrected chi connectivity index (χ3v) is 4.10. The molecule has 3 N–H and O–H groups in total. The van der Waals surface area contributed by atoms with E-state index >= 15 is 0 Å². The van der Waals surface area contributed by atoms with Crippen molar-refractivity contribution >= 4 is 0 Å². The minimum Gasteiger partial charge on any atom is -0.389 e. The van der Waals surface area contributed by atoms with E-state index < -0.39 is 5.60 Å². The molecule has 0 aromatic heterocycles. The molecule has 0 aromatic carbocycles. The van der Waals surface area contributed by atoms with Crippen molar-refractivity contribution in [2.75, 3.05) is 46.8 Å². The van der Waals surface area contributed by atoms with Gasteiger partial charge in [0.25, 0.3) is 0 Å². The Bertz CT molecular complexity index is 225. The maximum absolute atomic E-state index is 9.84. The highest BCUT2D eigenvalue weighted by Gasteiger charge is 2.20. The van der Waals surface area contributed by atoms with Crippen LogP contribution in [0, 0.1) is 5.92 Å². The van der Waals surface area contributed by atoms with Gasteiger partial charge in [0, 0.05) is 13.1 Å². The molecule has 1 heterocycles. The van der Waals surface area contributed by atoms with Crippen LogP contribution in [0.3, 0.4) is 0 Å².